The van der Waals surface area contributed by atoms with Crippen LogP contribution in [-0.4, -0.2) is 40.7 Å². The van der Waals surface area contributed by atoms with E-state index in [4.69, 9.17) is 10.5 Å². The topological polar surface area (TPSA) is 68.5 Å². The molecule has 0 radical (unpaired) electrons. The average molecular weight is 277 g/mol. The Morgan fingerprint density at radius 1 is 1.40 bits per heavy atom. The van der Waals surface area contributed by atoms with Crippen LogP contribution in [0.3, 0.4) is 0 Å². The molecule has 2 atom stereocenters. The molecule has 5 nitrogen and oxygen atoms in total. The minimum Gasteiger partial charge on any atom is -0.444 e. The predicted octanol–water partition coefficient (Wildman–Crippen LogP) is 2.13. The Hall–Kier alpha value is -1.62. The molecule has 0 bridgehead atoms. The molecule has 1 aromatic rings. The first-order valence-electron chi connectivity index (χ1n) is 7.00. The molecular weight excluding hydrogens is 254 g/mol. The van der Waals surface area contributed by atoms with Crippen LogP contribution in [0.2, 0.25) is 0 Å². The van der Waals surface area contributed by atoms with E-state index in [1.165, 1.54) is 5.56 Å². The van der Waals surface area contributed by atoms with Crippen LogP contribution in [0.5, 0.6) is 0 Å². The minimum atomic E-state index is -0.469. The van der Waals surface area contributed by atoms with Gasteiger partial charge in [0.1, 0.15) is 5.60 Å². The van der Waals surface area contributed by atoms with Gasteiger partial charge in [0, 0.05) is 37.4 Å². The summed E-state index contributed by atoms with van der Waals surface area (Å²) in [5.74, 6) is 0.275. The molecule has 2 heterocycles. The summed E-state index contributed by atoms with van der Waals surface area (Å²) in [6.07, 6.45) is 4.13. The van der Waals surface area contributed by atoms with Gasteiger partial charge in [0.25, 0.3) is 0 Å². The quantitative estimate of drug-likeness (QED) is 0.854. The zero-order chi connectivity index (χ0) is 14.8. The Morgan fingerprint density at radius 3 is 2.60 bits per heavy atom. The first-order valence-corrected chi connectivity index (χ1v) is 7.00. The highest BCUT2D eigenvalue weighted by Crippen LogP contribution is 2.27. The number of carbonyl (C=O) groups is 1. The van der Waals surface area contributed by atoms with Crippen molar-refractivity contribution in [3.63, 3.8) is 0 Å². The van der Waals surface area contributed by atoms with Gasteiger partial charge < -0.3 is 15.4 Å². The number of aromatic nitrogens is 1. The minimum absolute atomic E-state index is 0.0707. The largest absolute Gasteiger partial charge is 0.444 e. The molecule has 1 aliphatic heterocycles. The zero-order valence-electron chi connectivity index (χ0n) is 12.4. The van der Waals surface area contributed by atoms with Crippen molar-refractivity contribution in [1.82, 2.24) is 9.88 Å². The Bertz CT molecular complexity index is 456. The number of likely N-dealkylation sites (tertiary alicyclic amines) is 1. The first kappa shape index (κ1) is 14.8. The van der Waals surface area contributed by atoms with Gasteiger partial charge in [0.15, 0.2) is 0 Å². The van der Waals surface area contributed by atoms with Crippen molar-refractivity contribution in [3.05, 3.63) is 30.1 Å². The molecule has 0 spiro atoms. The third-order valence-electron chi connectivity index (χ3n) is 3.44. The van der Waals surface area contributed by atoms with Gasteiger partial charge >= 0.3 is 6.09 Å². The second-order valence-corrected chi connectivity index (χ2v) is 6.27. The summed E-state index contributed by atoms with van der Waals surface area (Å²) in [5, 5.41) is 0. The lowest BCUT2D eigenvalue weighted by Crippen LogP contribution is -2.50. The third-order valence-corrected chi connectivity index (χ3v) is 3.44. The molecule has 1 aliphatic rings. The standard InChI is InChI=1S/C15H23N3O2/c1-15(2,3)20-14(19)18-9-6-12(13(16)10-18)11-4-7-17-8-5-11/h4-5,7-8,12-13H,6,9-10,16H2,1-3H3. The summed E-state index contributed by atoms with van der Waals surface area (Å²) in [6.45, 7) is 6.81. The number of carbonyl (C=O) groups excluding carboxylic acids is 1. The number of hydrogen-bond acceptors (Lipinski definition) is 4. The molecule has 5 heteroatoms. The van der Waals surface area contributed by atoms with Crippen molar-refractivity contribution in [2.75, 3.05) is 13.1 Å². The van der Waals surface area contributed by atoms with Crippen LogP contribution in [0.25, 0.3) is 0 Å². The number of nitrogens with two attached hydrogens (primary N) is 1. The summed E-state index contributed by atoms with van der Waals surface area (Å²) >= 11 is 0. The molecule has 0 aliphatic carbocycles. The molecule has 1 amide bonds. The highest BCUT2D eigenvalue weighted by Gasteiger charge is 2.32. The monoisotopic (exact) mass is 277 g/mol. The summed E-state index contributed by atoms with van der Waals surface area (Å²) < 4.78 is 5.39. The van der Waals surface area contributed by atoms with Crippen molar-refractivity contribution < 1.29 is 9.53 Å². The predicted molar refractivity (Wildman–Crippen MR) is 77.4 cm³/mol. The number of piperidine rings is 1. The maximum absolute atomic E-state index is 12.0. The van der Waals surface area contributed by atoms with Crippen LogP contribution >= 0.6 is 0 Å². The Morgan fingerprint density at radius 2 is 2.05 bits per heavy atom. The zero-order valence-corrected chi connectivity index (χ0v) is 12.4. The van der Waals surface area contributed by atoms with Crippen molar-refractivity contribution in [2.24, 2.45) is 5.73 Å². The van der Waals surface area contributed by atoms with Crippen LogP contribution in [-0.2, 0) is 4.74 Å². The Kier molecular flexibility index (Phi) is 4.28. The summed E-state index contributed by atoms with van der Waals surface area (Å²) in [4.78, 5) is 17.8. The van der Waals surface area contributed by atoms with Crippen molar-refractivity contribution in [2.45, 2.75) is 44.8 Å². The van der Waals surface area contributed by atoms with Crippen LogP contribution < -0.4 is 5.73 Å². The lowest BCUT2D eigenvalue weighted by atomic mass is 9.86. The van der Waals surface area contributed by atoms with E-state index in [-0.39, 0.29) is 18.1 Å². The number of pyridine rings is 1. The number of amides is 1. The second kappa shape index (κ2) is 5.79. The van der Waals surface area contributed by atoms with E-state index in [0.717, 1.165) is 6.42 Å². The van der Waals surface area contributed by atoms with Gasteiger partial charge in [-0.05, 0) is 44.9 Å². The molecule has 1 aromatic heterocycles. The lowest BCUT2D eigenvalue weighted by molar-refractivity contribution is 0.0186. The van der Waals surface area contributed by atoms with E-state index in [9.17, 15) is 4.79 Å². The number of hydrogen-bond donors (Lipinski definition) is 1. The van der Waals surface area contributed by atoms with Crippen LogP contribution in [0.4, 0.5) is 4.79 Å². The van der Waals surface area contributed by atoms with E-state index in [1.54, 1.807) is 17.3 Å². The molecular formula is C15H23N3O2. The van der Waals surface area contributed by atoms with E-state index < -0.39 is 5.60 Å². The fraction of sp³-hybridized carbons (Fsp3) is 0.600. The number of rotatable bonds is 1. The fourth-order valence-corrected chi connectivity index (χ4v) is 2.50. The molecule has 1 saturated heterocycles. The van der Waals surface area contributed by atoms with Crippen molar-refractivity contribution in [3.8, 4) is 0 Å². The second-order valence-electron chi connectivity index (χ2n) is 6.27. The van der Waals surface area contributed by atoms with Gasteiger partial charge in [-0.25, -0.2) is 4.79 Å². The smallest absolute Gasteiger partial charge is 0.410 e. The highest BCUT2D eigenvalue weighted by atomic mass is 16.6. The average Bonchev–Trinajstić information content (AvgIpc) is 2.37. The molecule has 0 aromatic carbocycles. The van der Waals surface area contributed by atoms with E-state index >= 15 is 0 Å². The van der Waals surface area contributed by atoms with Crippen LogP contribution in [0.1, 0.15) is 38.7 Å². The third kappa shape index (κ3) is 3.70. The Labute approximate surface area is 120 Å². The van der Waals surface area contributed by atoms with Gasteiger partial charge in [-0.1, -0.05) is 0 Å². The summed E-state index contributed by atoms with van der Waals surface area (Å²) in [5.41, 5.74) is 6.96. The van der Waals surface area contributed by atoms with E-state index in [2.05, 4.69) is 4.98 Å². The molecule has 2 rings (SSSR count). The maximum Gasteiger partial charge on any atom is 0.410 e. The first-order chi connectivity index (χ1) is 9.37. The van der Waals surface area contributed by atoms with Gasteiger partial charge in [0.2, 0.25) is 0 Å². The van der Waals surface area contributed by atoms with Gasteiger partial charge in [-0.2, -0.15) is 0 Å². The highest BCUT2D eigenvalue weighted by molar-refractivity contribution is 5.68. The molecule has 2 N–H and O–H groups in total. The van der Waals surface area contributed by atoms with E-state index in [1.807, 2.05) is 32.9 Å². The van der Waals surface area contributed by atoms with Gasteiger partial charge in [-0.3, -0.25) is 4.98 Å². The van der Waals surface area contributed by atoms with Crippen LogP contribution in [0, 0.1) is 0 Å². The molecule has 110 valence electrons. The molecule has 2 unspecified atom stereocenters. The van der Waals surface area contributed by atoms with Gasteiger partial charge in [-0.15, -0.1) is 0 Å². The molecule has 20 heavy (non-hydrogen) atoms. The normalized spacial score (nSPS) is 23.5. The summed E-state index contributed by atoms with van der Waals surface area (Å²) in [6, 6.07) is 3.92. The summed E-state index contributed by atoms with van der Waals surface area (Å²) in [7, 11) is 0. The SMILES string of the molecule is CC(C)(C)OC(=O)N1CCC(c2ccncc2)C(N)C1. The van der Waals surface area contributed by atoms with Crippen LogP contribution in [0.15, 0.2) is 24.5 Å². The van der Waals surface area contributed by atoms with Gasteiger partial charge in [0.05, 0.1) is 0 Å². The van der Waals surface area contributed by atoms with Crippen molar-refractivity contribution in [1.29, 1.82) is 0 Å². The number of nitrogens with zero attached hydrogens (tertiary/aromatic N) is 2. The van der Waals surface area contributed by atoms with Crippen molar-refractivity contribution >= 4 is 6.09 Å². The molecule has 0 saturated carbocycles. The number of ether oxygens (including phenoxy) is 1. The maximum atomic E-state index is 12.0. The lowest BCUT2D eigenvalue weighted by Gasteiger charge is -2.37. The van der Waals surface area contributed by atoms with E-state index in [0.29, 0.717) is 13.1 Å². The molecule has 1 fully saturated rings. The fourth-order valence-electron chi connectivity index (χ4n) is 2.50. The Balaban J connectivity index is 1.97.